The fourth-order valence-electron chi connectivity index (χ4n) is 3.91. The van der Waals surface area contributed by atoms with Crippen molar-refractivity contribution in [2.24, 2.45) is 5.92 Å². The molecular weight excluding hydrogens is 437 g/mol. The van der Waals surface area contributed by atoms with E-state index in [9.17, 15) is 18.1 Å². The first-order chi connectivity index (χ1) is 15.3. The predicted octanol–water partition coefficient (Wildman–Crippen LogP) is 8.38. The number of hydrogen-bond acceptors (Lipinski definition) is 5. The number of esters is 1. The molecule has 0 amide bonds. The van der Waals surface area contributed by atoms with Gasteiger partial charge in [0, 0.05) is 6.42 Å². The van der Waals surface area contributed by atoms with Gasteiger partial charge in [0.15, 0.2) is 0 Å². The number of allylic oxidation sites excluding steroid dienone is 1. The van der Waals surface area contributed by atoms with Crippen LogP contribution in [-0.2, 0) is 23.1 Å². The van der Waals surface area contributed by atoms with Crippen molar-refractivity contribution >= 4 is 13.6 Å². The van der Waals surface area contributed by atoms with Crippen molar-refractivity contribution in [3.8, 4) is 0 Å². The standard InChI is InChI=1S/C24H43F2O5P/c1-4-5-6-7-8-9-10-11-12-13-14-15-16-17-18-30-32(28)24(25,26)20-22(23(27)29-3)19-21(2)31-32/h19,22H,4-18,20H2,1-3H3. The fraction of sp³-hybridized carbons (Fsp3) is 0.875. The van der Waals surface area contributed by atoms with E-state index in [2.05, 4.69) is 11.7 Å². The first-order valence-corrected chi connectivity index (χ1v) is 13.9. The SMILES string of the molecule is CCCCCCCCCCCCCCCCOP1(=O)OC(C)=CC(C(=O)OC)CC1(F)F. The summed E-state index contributed by atoms with van der Waals surface area (Å²) in [5.41, 5.74) is -3.75. The van der Waals surface area contributed by atoms with Crippen LogP contribution in [0.15, 0.2) is 11.8 Å². The molecule has 0 fully saturated rings. The second-order valence-corrected chi connectivity index (χ2v) is 10.9. The van der Waals surface area contributed by atoms with Crippen molar-refractivity contribution in [3.63, 3.8) is 0 Å². The Morgan fingerprint density at radius 2 is 1.47 bits per heavy atom. The van der Waals surface area contributed by atoms with E-state index in [1.807, 2.05) is 0 Å². The maximum absolute atomic E-state index is 14.6. The lowest BCUT2D eigenvalue weighted by Gasteiger charge is -2.25. The number of alkyl halides is 2. The number of methoxy groups -OCH3 is 1. The van der Waals surface area contributed by atoms with Crippen LogP contribution in [0.1, 0.15) is 110 Å². The van der Waals surface area contributed by atoms with Crippen molar-refractivity contribution in [2.75, 3.05) is 13.7 Å². The van der Waals surface area contributed by atoms with E-state index in [0.29, 0.717) is 6.42 Å². The Kier molecular flexibility index (Phi) is 14.4. The highest BCUT2D eigenvalue weighted by atomic mass is 31.2. The number of carbonyl (C=O) groups is 1. The number of unbranched alkanes of at least 4 members (excludes halogenated alkanes) is 13. The molecule has 0 spiro atoms. The highest BCUT2D eigenvalue weighted by Crippen LogP contribution is 2.66. The Hall–Kier alpha value is -0.940. The average molecular weight is 481 g/mol. The van der Waals surface area contributed by atoms with Gasteiger partial charge < -0.3 is 9.26 Å². The van der Waals surface area contributed by atoms with Gasteiger partial charge in [0.25, 0.3) is 0 Å². The third-order valence-electron chi connectivity index (χ3n) is 5.83. The summed E-state index contributed by atoms with van der Waals surface area (Å²) in [6, 6.07) is 0. The molecule has 5 nitrogen and oxygen atoms in total. The van der Waals surface area contributed by atoms with Crippen molar-refractivity contribution < 1.29 is 31.9 Å². The van der Waals surface area contributed by atoms with Gasteiger partial charge in [0.05, 0.1) is 25.4 Å². The van der Waals surface area contributed by atoms with Gasteiger partial charge in [-0.2, -0.15) is 8.78 Å². The van der Waals surface area contributed by atoms with Crippen LogP contribution < -0.4 is 0 Å². The van der Waals surface area contributed by atoms with Crippen molar-refractivity contribution in [1.82, 2.24) is 0 Å². The Bertz CT molecular complexity index is 609. The Morgan fingerprint density at radius 1 is 1.00 bits per heavy atom. The van der Waals surface area contributed by atoms with Crippen LogP contribution in [0.4, 0.5) is 8.78 Å². The summed E-state index contributed by atoms with van der Waals surface area (Å²) in [5.74, 6) is -2.04. The molecule has 0 N–H and O–H groups in total. The molecule has 32 heavy (non-hydrogen) atoms. The zero-order valence-electron chi connectivity index (χ0n) is 20.2. The van der Waals surface area contributed by atoms with E-state index in [4.69, 9.17) is 9.05 Å². The Balaban J connectivity index is 2.16. The molecule has 0 aromatic rings. The molecule has 1 heterocycles. The lowest BCUT2D eigenvalue weighted by molar-refractivity contribution is -0.145. The molecule has 0 aromatic heterocycles. The Morgan fingerprint density at radius 3 is 1.94 bits per heavy atom. The van der Waals surface area contributed by atoms with E-state index in [-0.39, 0.29) is 12.4 Å². The van der Waals surface area contributed by atoms with Gasteiger partial charge in [-0.1, -0.05) is 90.4 Å². The predicted molar refractivity (Wildman–Crippen MR) is 124 cm³/mol. The zero-order chi connectivity index (χ0) is 23.9. The van der Waals surface area contributed by atoms with Gasteiger partial charge in [-0.15, -0.1) is 0 Å². The minimum absolute atomic E-state index is 0.0122. The molecule has 188 valence electrons. The van der Waals surface area contributed by atoms with Gasteiger partial charge >= 0.3 is 19.2 Å². The van der Waals surface area contributed by atoms with Gasteiger partial charge in [-0.05, 0) is 19.4 Å². The molecule has 0 aromatic carbocycles. The molecular formula is C24H43F2O5P. The van der Waals surface area contributed by atoms with Crippen LogP contribution in [0.3, 0.4) is 0 Å². The van der Waals surface area contributed by atoms with Crippen LogP contribution >= 0.6 is 7.60 Å². The van der Waals surface area contributed by atoms with Gasteiger partial charge in [0.2, 0.25) is 0 Å². The van der Waals surface area contributed by atoms with Crippen molar-refractivity contribution in [1.29, 1.82) is 0 Å². The third-order valence-corrected chi connectivity index (χ3v) is 7.86. The van der Waals surface area contributed by atoms with Gasteiger partial charge in [0.1, 0.15) is 0 Å². The second-order valence-electron chi connectivity index (χ2n) is 8.80. The highest BCUT2D eigenvalue weighted by molar-refractivity contribution is 7.55. The largest absolute Gasteiger partial charge is 0.469 e. The molecule has 1 rings (SSSR count). The van der Waals surface area contributed by atoms with E-state index in [1.54, 1.807) is 0 Å². The maximum atomic E-state index is 14.6. The second kappa shape index (κ2) is 15.8. The fourth-order valence-corrected chi connectivity index (χ4v) is 5.52. The van der Waals surface area contributed by atoms with Gasteiger partial charge in [-0.25, -0.2) is 4.57 Å². The number of hydrogen-bond donors (Lipinski definition) is 0. The summed E-state index contributed by atoms with van der Waals surface area (Å²) in [6.07, 6.45) is 16.9. The molecule has 2 atom stereocenters. The number of carbonyl (C=O) groups excluding carboxylic acids is 1. The molecule has 0 aliphatic carbocycles. The van der Waals surface area contributed by atoms with Crippen LogP contribution in [0, 0.1) is 5.92 Å². The molecule has 0 bridgehead atoms. The van der Waals surface area contributed by atoms with Crippen LogP contribution in [-0.4, -0.2) is 25.3 Å². The maximum Gasteiger partial charge on any atom is 0.448 e. The highest BCUT2D eigenvalue weighted by Gasteiger charge is 2.58. The number of ether oxygens (including phenoxy) is 1. The summed E-state index contributed by atoms with van der Waals surface area (Å²) in [6.45, 7) is 3.57. The summed E-state index contributed by atoms with van der Waals surface area (Å²) in [7, 11) is -3.57. The quantitative estimate of drug-likeness (QED) is 0.119. The number of halogens is 2. The van der Waals surface area contributed by atoms with Crippen molar-refractivity contribution in [3.05, 3.63) is 11.8 Å². The van der Waals surface area contributed by atoms with Crippen LogP contribution in [0.5, 0.6) is 0 Å². The summed E-state index contributed by atoms with van der Waals surface area (Å²) >= 11 is 0. The van der Waals surface area contributed by atoms with Crippen LogP contribution in [0.25, 0.3) is 0 Å². The van der Waals surface area contributed by atoms with Crippen molar-refractivity contribution in [2.45, 2.75) is 116 Å². The first-order valence-electron chi connectivity index (χ1n) is 12.3. The smallest absolute Gasteiger partial charge is 0.448 e. The summed E-state index contributed by atoms with van der Waals surface area (Å²) in [4.78, 5) is 11.7. The molecule has 2 unspecified atom stereocenters. The molecule has 0 saturated carbocycles. The summed E-state index contributed by atoms with van der Waals surface area (Å²) < 4.78 is 56.5. The molecule has 1 aliphatic heterocycles. The lowest BCUT2D eigenvalue weighted by Crippen LogP contribution is -2.25. The topological polar surface area (TPSA) is 61.8 Å². The van der Waals surface area contributed by atoms with E-state index in [0.717, 1.165) is 26.4 Å². The first kappa shape index (κ1) is 29.1. The van der Waals surface area contributed by atoms with Crippen LogP contribution in [0.2, 0.25) is 0 Å². The summed E-state index contributed by atoms with van der Waals surface area (Å²) in [5, 5.41) is 0. The van der Waals surface area contributed by atoms with E-state index in [1.165, 1.54) is 77.2 Å². The van der Waals surface area contributed by atoms with Gasteiger partial charge in [-0.3, -0.25) is 9.32 Å². The van der Waals surface area contributed by atoms with E-state index < -0.39 is 31.6 Å². The molecule has 8 heteroatoms. The van der Waals surface area contributed by atoms with E-state index >= 15 is 0 Å². The third kappa shape index (κ3) is 10.8. The number of rotatable bonds is 17. The minimum Gasteiger partial charge on any atom is -0.469 e. The monoisotopic (exact) mass is 480 g/mol. The lowest BCUT2D eigenvalue weighted by atomic mass is 10.0. The molecule has 0 radical (unpaired) electrons. The normalized spacial score (nSPS) is 22.7. The average Bonchev–Trinajstić information content (AvgIpc) is 2.83. The zero-order valence-corrected chi connectivity index (χ0v) is 21.1. The Labute approximate surface area is 193 Å². The minimum atomic E-state index is -4.70. The molecule has 1 aliphatic rings. The molecule has 0 saturated heterocycles.